The standard InChI is InChI=1S/C13H10FNO2/c14-10-5-3-4-9(13(10)17)8-15-11-6-1-2-7-12(11)16/h1-8,16-17H/b15-8+. The second-order valence-corrected chi connectivity index (χ2v) is 3.42. The van der Waals surface area contributed by atoms with Gasteiger partial charge in [0, 0.05) is 11.8 Å². The summed E-state index contributed by atoms with van der Waals surface area (Å²) in [6.45, 7) is 0. The molecule has 17 heavy (non-hydrogen) atoms. The van der Waals surface area contributed by atoms with E-state index < -0.39 is 11.6 Å². The van der Waals surface area contributed by atoms with Crippen molar-refractivity contribution in [1.29, 1.82) is 0 Å². The summed E-state index contributed by atoms with van der Waals surface area (Å²) in [4.78, 5) is 3.98. The van der Waals surface area contributed by atoms with E-state index >= 15 is 0 Å². The highest BCUT2D eigenvalue weighted by atomic mass is 19.1. The van der Waals surface area contributed by atoms with Crippen molar-refractivity contribution >= 4 is 11.9 Å². The van der Waals surface area contributed by atoms with E-state index in [4.69, 9.17) is 0 Å². The second-order valence-electron chi connectivity index (χ2n) is 3.42. The summed E-state index contributed by atoms with van der Waals surface area (Å²) in [5, 5.41) is 18.9. The lowest BCUT2D eigenvalue weighted by atomic mass is 10.2. The molecule has 0 amide bonds. The van der Waals surface area contributed by atoms with Gasteiger partial charge in [-0.05, 0) is 24.3 Å². The minimum absolute atomic E-state index is 0.0274. The van der Waals surface area contributed by atoms with Crippen LogP contribution in [-0.4, -0.2) is 16.4 Å². The summed E-state index contributed by atoms with van der Waals surface area (Å²) in [5.74, 6) is -1.13. The number of benzene rings is 2. The molecule has 0 saturated heterocycles. The highest BCUT2D eigenvalue weighted by Crippen LogP contribution is 2.26. The normalized spacial score (nSPS) is 10.9. The fraction of sp³-hybridized carbons (Fsp3) is 0. The molecule has 0 unspecified atom stereocenters. The van der Waals surface area contributed by atoms with Crippen molar-refractivity contribution in [2.45, 2.75) is 0 Å². The van der Waals surface area contributed by atoms with Crippen LogP contribution in [0, 0.1) is 5.82 Å². The molecule has 2 aromatic rings. The lowest BCUT2D eigenvalue weighted by molar-refractivity contribution is 0.431. The zero-order chi connectivity index (χ0) is 12.3. The van der Waals surface area contributed by atoms with Crippen LogP contribution in [0.2, 0.25) is 0 Å². The fourth-order valence-electron chi connectivity index (χ4n) is 1.35. The van der Waals surface area contributed by atoms with E-state index in [1.807, 2.05) is 0 Å². The molecule has 0 atom stereocenters. The lowest BCUT2D eigenvalue weighted by Gasteiger charge is -2.00. The Kier molecular flexibility index (Phi) is 3.05. The first-order valence-corrected chi connectivity index (χ1v) is 4.98. The van der Waals surface area contributed by atoms with Crippen LogP contribution >= 0.6 is 0 Å². The average molecular weight is 231 g/mol. The van der Waals surface area contributed by atoms with Crippen LogP contribution in [0.5, 0.6) is 11.5 Å². The number of rotatable bonds is 2. The molecule has 0 bridgehead atoms. The molecule has 0 saturated carbocycles. The van der Waals surface area contributed by atoms with E-state index in [1.54, 1.807) is 18.2 Å². The zero-order valence-corrected chi connectivity index (χ0v) is 8.84. The van der Waals surface area contributed by atoms with Gasteiger partial charge in [0.1, 0.15) is 11.4 Å². The smallest absolute Gasteiger partial charge is 0.165 e. The third-order valence-electron chi connectivity index (χ3n) is 2.24. The van der Waals surface area contributed by atoms with Gasteiger partial charge in [0.05, 0.1) is 0 Å². The minimum atomic E-state index is -0.703. The Morgan fingerprint density at radius 2 is 1.76 bits per heavy atom. The third-order valence-corrected chi connectivity index (χ3v) is 2.24. The molecule has 2 N–H and O–H groups in total. The Morgan fingerprint density at radius 1 is 1.00 bits per heavy atom. The van der Waals surface area contributed by atoms with Gasteiger partial charge in [-0.15, -0.1) is 0 Å². The molecule has 3 nitrogen and oxygen atoms in total. The molecule has 0 aliphatic carbocycles. The maximum absolute atomic E-state index is 13.0. The summed E-state index contributed by atoms with van der Waals surface area (Å²) in [7, 11) is 0. The van der Waals surface area contributed by atoms with Crippen molar-refractivity contribution < 1.29 is 14.6 Å². The first kappa shape index (κ1) is 11.1. The molecule has 0 spiro atoms. The minimum Gasteiger partial charge on any atom is -0.506 e. The van der Waals surface area contributed by atoms with E-state index in [-0.39, 0.29) is 11.3 Å². The monoisotopic (exact) mass is 231 g/mol. The fourth-order valence-corrected chi connectivity index (χ4v) is 1.35. The van der Waals surface area contributed by atoms with Crippen molar-refractivity contribution in [1.82, 2.24) is 0 Å². The van der Waals surface area contributed by atoms with Crippen LogP contribution in [0.25, 0.3) is 0 Å². The SMILES string of the molecule is Oc1ccccc1/N=C/c1cccc(F)c1O. The Hall–Kier alpha value is -2.36. The van der Waals surface area contributed by atoms with Gasteiger partial charge < -0.3 is 10.2 Å². The summed E-state index contributed by atoms with van der Waals surface area (Å²) in [6.07, 6.45) is 1.30. The molecule has 0 aliphatic heterocycles. The van der Waals surface area contributed by atoms with Crippen molar-refractivity contribution in [3.05, 3.63) is 53.8 Å². The number of aromatic hydroxyl groups is 2. The van der Waals surface area contributed by atoms with Crippen LogP contribution in [0.4, 0.5) is 10.1 Å². The number of phenols is 2. The van der Waals surface area contributed by atoms with E-state index in [0.29, 0.717) is 5.69 Å². The zero-order valence-electron chi connectivity index (χ0n) is 8.84. The molecule has 0 aliphatic rings. The van der Waals surface area contributed by atoms with Crippen molar-refractivity contribution in [3.8, 4) is 11.5 Å². The third kappa shape index (κ3) is 2.42. The average Bonchev–Trinajstić information content (AvgIpc) is 2.33. The molecule has 0 fully saturated rings. The van der Waals surface area contributed by atoms with Crippen LogP contribution in [0.1, 0.15) is 5.56 Å². The predicted molar refractivity (Wildman–Crippen MR) is 63.4 cm³/mol. The van der Waals surface area contributed by atoms with Crippen LogP contribution in [0.3, 0.4) is 0 Å². The van der Waals surface area contributed by atoms with E-state index in [2.05, 4.69) is 4.99 Å². The van der Waals surface area contributed by atoms with Crippen LogP contribution in [0.15, 0.2) is 47.5 Å². The highest BCUT2D eigenvalue weighted by Gasteiger charge is 2.04. The van der Waals surface area contributed by atoms with Gasteiger partial charge in [-0.25, -0.2) is 4.39 Å². The summed E-state index contributed by atoms with van der Waals surface area (Å²) in [5.41, 5.74) is 0.615. The second kappa shape index (κ2) is 4.65. The van der Waals surface area contributed by atoms with Gasteiger partial charge in [0.25, 0.3) is 0 Å². The molecule has 0 radical (unpaired) electrons. The Balaban J connectivity index is 2.33. The van der Waals surface area contributed by atoms with Gasteiger partial charge in [0.2, 0.25) is 0 Å². The first-order chi connectivity index (χ1) is 8.18. The summed E-state index contributed by atoms with van der Waals surface area (Å²) in [6, 6.07) is 10.7. The van der Waals surface area contributed by atoms with E-state index in [0.717, 1.165) is 6.07 Å². The summed E-state index contributed by atoms with van der Waals surface area (Å²) < 4.78 is 13.0. The number of aliphatic imine (C=N–C) groups is 1. The van der Waals surface area contributed by atoms with Gasteiger partial charge in [0.15, 0.2) is 11.6 Å². The first-order valence-electron chi connectivity index (χ1n) is 4.98. The highest BCUT2D eigenvalue weighted by molar-refractivity contribution is 5.85. The van der Waals surface area contributed by atoms with E-state index in [9.17, 15) is 14.6 Å². The topological polar surface area (TPSA) is 52.8 Å². The number of hydrogen-bond donors (Lipinski definition) is 2. The predicted octanol–water partition coefficient (Wildman–Crippen LogP) is 2.99. The Labute approximate surface area is 97.5 Å². The molecule has 86 valence electrons. The van der Waals surface area contributed by atoms with Crippen LogP contribution in [-0.2, 0) is 0 Å². The molecule has 2 rings (SSSR count). The number of phenolic OH excluding ortho intramolecular Hbond substituents is 2. The van der Waals surface area contributed by atoms with Gasteiger partial charge in [-0.1, -0.05) is 18.2 Å². The van der Waals surface area contributed by atoms with E-state index in [1.165, 1.54) is 24.4 Å². The molecular formula is C13H10FNO2. The largest absolute Gasteiger partial charge is 0.506 e. The maximum atomic E-state index is 13.0. The van der Waals surface area contributed by atoms with Crippen molar-refractivity contribution in [2.75, 3.05) is 0 Å². The number of para-hydroxylation sites is 3. The lowest BCUT2D eigenvalue weighted by Crippen LogP contribution is -1.85. The van der Waals surface area contributed by atoms with Gasteiger partial charge in [-0.3, -0.25) is 4.99 Å². The number of nitrogens with zero attached hydrogens (tertiary/aromatic N) is 1. The Morgan fingerprint density at radius 3 is 2.53 bits per heavy atom. The quantitative estimate of drug-likeness (QED) is 0.780. The van der Waals surface area contributed by atoms with Crippen molar-refractivity contribution in [3.63, 3.8) is 0 Å². The number of hydrogen-bond acceptors (Lipinski definition) is 3. The summed E-state index contributed by atoms with van der Waals surface area (Å²) >= 11 is 0. The molecular weight excluding hydrogens is 221 g/mol. The van der Waals surface area contributed by atoms with Gasteiger partial charge >= 0.3 is 0 Å². The van der Waals surface area contributed by atoms with Gasteiger partial charge in [-0.2, -0.15) is 0 Å². The van der Waals surface area contributed by atoms with Crippen molar-refractivity contribution in [2.24, 2.45) is 4.99 Å². The Bertz CT molecular complexity index is 567. The molecule has 0 heterocycles. The maximum Gasteiger partial charge on any atom is 0.165 e. The van der Waals surface area contributed by atoms with Crippen LogP contribution < -0.4 is 0 Å². The molecule has 4 heteroatoms. The molecule has 0 aromatic heterocycles. The molecule has 2 aromatic carbocycles. The number of halogens is 1.